The first-order valence-corrected chi connectivity index (χ1v) is 6.41. The number of rotatable bonds is 5. The van der Waals surface area contributed by atoms with Crippen LogP contribution in [0, 0.1) is 16.7 Å². The van der Waals surface area contributed by atoms with Crippen molar-refractivity contribution < 1.29 is 14.7 Å². The molecule has 1 saturated carbocycles. The second kappa shape index (κ2) is 4.78. The molecule has 0 heterocycles. The monoisotopic (exact) mass is 256 g/mol. The number of carbonyl (C=O) groups is 2. The molecular weight excluding hydrogens is 232 g/mol. The van der Waals surface area contributed by atoms with Crippen LogP contribution in [0.4, 0.5) is 4.79 Å². The molecule has 18 heavy (non-hydrogen) atoms. The number of carboxylic acid groups (broad SMARTS) is 1. The van der Waals surface area contributed by atoms with Crippen LogP contribution in [0.1, 0.15) is 41.0 Å². The molecule has 0 spiro atoms. The van der Waals surface area contributed by atoms with Crippen LogP contribution in [0.5, 0.6) is 0 Å². The topological polar surface area (TPSA) is 78.4 Å². The van der Waals surface area contributed by atoms with Crippen LogP contribution < -0.4 is 10.6 Å². The lowest BCUT2D eigenvalue weighted by Crippen LogP contribution is -2.42. The Balaban J connectivity index is 2.38. The van der Waals surface area contributed by atoms with E-state index < -0.39 is 11.9 Å². The molecule has 0 saturated heterocycles. The van der Waals surface area contributed by atoms with Gasteiger partial charge in [-0.1, -0.05) is 34.6 Å². The minimum atomic E-state index is -0.870. The van der Waals surface area contributed by atoms with E-state index in [4.69, 9.17) is 5.11 Å². The average molecular weight is 256 g/mol. The first-order chi connectivity index (χ1) is 8.14. The Kier molecular flexibility index (Phi) is 3.93. The van der Waals surface area contributed by atoms with Crippen LogP contribution in [0.3, 0.4) is 0 Å². The maximum Gasteiger partial charge on any atom is 0.315 e. The molecule has 1 aliphatic carbocycles. The highest BCUT2D eigenvalue weighted by atomic mass is 16.4. The summed E-state index contributed by atoms with van der Waals surface area (Å²) in [6.07, 6.45) is 0.510. The zero-order valence-corrected chi connectivity index (χ0v) is 11.8. The van der Waals surface area contributed by atoms with Gasteiger partial charge in [0.25, 0.3) is 0 Å². The number of hydrogen-bond acceptors (Lipinski definition) is 2. The van der Waals surface area contributed by atoms with Crippen LogP contribution in [-0.4, -0.2) is 29.7 Å². The summed E-state index contributed by atoms with van der Waals surface area (Å²) < 4.78 is 0. The molecule has 1 unspecified atom stereocenters. The van der Waals surface area contributed by atoms with Gasteiger partial charge in [-0.05, 0) is 17.3 Å². The standard InChI is InChI=1S/C13H24N2O3/c1-6-8(9(16)17)7-14-11(18)15-10-12(2,3)13(10,4)5/h8,10H,6-7H2,1-5H3,(H,16,17)(H2,14,15,18). The van der Waals surface area contributed by atoms with Gasteiger partial charge < -0.3 is 15.7 Å². The quantitative estimate of drug-likeness (QED) is 0.702. The van der Waals surface area contributed by atoms with Crippen molar-refractivity contribution in [1.82, 2.24) is 10.6 Å². The average Bonchev–Trinajstić information content (AvgIpc) is 2.61. The maximum absolute atomic E-state index is 11.7. The Morgan fingerprint density at radius 2 is 1.72 bits per heavy atom. The number of hydrogen-bond donors (Lipinski definition) is 3. The summed E-state index contributed by atoms with van der Waals surface area (Å²) in [5.74, 6) is -1.39. The van der Waals surface area contributed by atoms with Crippen molar-refractivity contribution in [2.75, 3.05) is 6.54 Å². The molecule has 0 aromatic rings. The molecule has 3 N–H and O–H groups in total. The Bertz CT molecular complexity index is 336. The van der Waals surface area contributed by atoms with Gasteiger partial charge in [-0.25, -0.2) is 4.79 Å². The fourth-order valence-electron chi connectivity index (χ4n) is 2.36. The van der Waals surface area contributed by atoms with Crippen molar-refractivity contribution in [2.24, 2.45) is 16.7 Å². The predicted octanol–water partition coefficient (Wildman–Crippen LogP) is 1.83. The highest BCUT2D eigenvalue weighted by Crippen LogP contribution is 2.62. The third kappa shape index (κ3) is 2.60. The molecule has 5 heteroatoms. The lowest BCUT2D eigenvalue weighted by atomic mass is 10.0. The van der Waals surface area contributed by atoms with Gasteiger partial charge in [-0.15, -0.1) is 0 Å². The van der Waals surface area contributed by atoms with Crippen molar-refractivity contribution in [3.8, 4) is 0 Å². The highest BCUT2D eigenvalue weighted by molar-refractivity contribution is 5.76. The Morgan fingerprint density at radius 1 is 1.22 bits per heavy atom. The Morgan fingerprint density at radius 3 is 2.06 bits per heavy atom. The van der Waals surface area contributed by atoms with Gasteiger partial charge in [0.1, 0.15) is 0 Å². The van der Waals surface area contributed by atoms with Crippen molar-refractivity contribution >= 4 is 12.0 Å². The van der Waals surface area contributed by atoms with Gasteiger partial charge >= 0.3 is 12.0 Å². The van der Waals surface area contributed by atoms with E-state index in [0.29, 0.717) is 6.42 Å². The molecule has 1 fully saturated rings. The van der Waals surface area contributed by atoms with Crippen LogP contribution in [0.25, 0.3) is 0 Å². The van der Waals surface area contributed by atoms with E-state index in [0.717, 1.165) is 0 Å². The van der Waals surface area contributed by atoms with Crippen molar-refractivity contribution in [3.63, 3.8) is 0 Å². The van der Waals surface area contributed by atoms with Gasteiger partial charge in [-0.2, -0.15) is 0 Å². The summed E-state index contributed by atoms with van der Waals surface area (Å²) in [5.41, 5.74) is 0.169. The fourth-order valence-corrected chi connectivity index (χ4v) is 2.36. The number of amides is 2. The molecule has 104 valence electrons. The number of urea groups is 1. The van der Waals surface area contributed by atoms with Gasteiger partial charge in [-0.3, -0.25) is 4.79 Å². The van der Waals surface area contributed by atoms with E-state index in [9.17, 15) is 9.59 Å². The van der Waals surface area contributed by atoms with Crippen molar-refractivity contribution in [1.29, 1.82) is 0 Å². The van der Waals surface area contributed by atoms with Crippen LogP contribution in [0.2, 0.25) is 0 Å². The minimum absolute atomic E-state index is 0.0846. The normalized spacial score (nSPS) is 22.1. The number of nitrogens with one attached hydrogen (secondary N) is 2. The van der Waals surface area contributed by atoms with Gasteiger partial charge in [0.05, 0.1) is 5.92 Å². The smallest absolute Gasteiger partial charge is 0.315 e. The Labute approximate surface area is 108 Å². The zero-order valence-electron chi connectivity index (χ0n) is 11.8. The first kappa shape index (κ1) is 14.8. The lowest BCUT2D eigenvalue weighted by Gasteiger charge is -2.12. The van der Waals surface area contributed by atoms with Crippen molar-refractivity contribution in [2.45, 2.75) is 47.1 Å². The summed E-state index contributed by atoms with van der Waals surface area (Å²) in [7, 11) is 0. The van der Waals surface area contributed by atoms with E-state index in [-0.39, 0.29) is 29.4 Å². The molecule has 0 radical (unpaired) electrons. The number of aliphatic carboxylic acids is 1. The van der Waals surface area contributed by atoms with Gasteiger partial charge in [0.15, 0.2) is 0 Å². The van der Waals surface area contributed by atoms with E-state index in [1.807, 2.05) is 0 Å². The summed E-state index contributed by atoms with van der Waals surface area (Å²) in [4.78, 5) is 22.5. The molecule has 0 bridgehead atoms. The summed E-state index contributed by atoms with van der Waals surface area (Å²) in [6.45, 7) is 10.4. The van der Waals surface area contributed by atoms with E-state index in [2.05, 4.69) is 38.3 Å². The van der Waals surface area contributed by atoms with Crippen LogP contribution in [-0.2, 0) is 4.79 Å². The van der Waals surface area contributed by atoms with Gasteiger partial charge in [0, 0.05) is 12.6 Å². The molecule has 1 rings (SSSR count). The molecule has 0 aromatic carbocycles. The molecular formula is C13H24N2O3. The van der Waals surface area contributed by atoms with Crippen molar-refractivity contribution in [3.05, 3.63) is 0 Å². The largest absolute Gasteiger partial charge is 0.481 e. The van der Waals surface area contributed by atoms with E-state index in [1.54, 1.807) is 6.92 Å². The first-order valence-electron chi connectivity index (χ1n) is 6.41. The molecule has 0 aliphatic heterocycles. The molecule has 0 aromatic heterocycles. The summed E-state index contributed by atoms with van der Waals surface area (Å²) >= 11 is 0. The second-order valence-electron chi connectivity index (χ2n) is 6.17. The van der Waals surface area contributed by atoms with E-state index in [1.165, 1.54) is 0 Å². The SMILES string of the molecule is CCC(CNC(=O)NC1C(C)(C)C1(C)C)C(=O)O. The maximum atomic E-state index is 11.7. The zero-order chi connectivity index (χ0) is 14.1. The highest BCUT2D eigenvalue weighted by Gasteiger charge is 2.65. The molecule has 5 nitrogen and oxygen atoms in total. The molecule has 2 amide bonds. The Hall–Kier alpha value is -1.26. The summed E-state index contributed by atoms with van der Waals surface area (Å²) in [6, 6.07) is -0.145. The van der Waals surface area contributed by atoms with E-state index >= 15 is 0 Å². The predicted molar refractivity (Wildman–Crippen MR) is 69.3 cm³/mol. The minimum Gasteiger partial charge on any atom is -0.481 e. The third-order valence-electron chi connectivity index (χ3n) is 4.65. The van der Waals surface area contributed by atoms with Crippen LogP contribution in [0.15, 0.2) is 0 Å². The molecule has 1 atom stereocenters. The molecule has 1 aliphatic rings. The fraction of sp³-hybridized carbons (Fsp3) is 0.846. The lowest BCUT2D eigenvalue weighted by molar-refractivity contribution is -0.141. The third-order valence-corrected chi connectivity index (χ3v) is 4.65. The second-order valence-corrected chi connectivity index (χ2v) is 6.17. The summed E-state index contributed by atoms with van der Waals surface area (Å²) in [5, 5.41) is 14.4. The number of carboxylic acids is 1. The van der Waals surface area contributed by atoms with Crippen LogP contribution >= 0.6 is 0 Å². The number of carbonyl (C=O) groups excluding carboxylic acids is 1. The van der Waals surface area contributed by atoms with Gasteiger partial charge in [0.2, 0.25) is 0 Å².